The van der Waals surface area contributed by atoms with Crippen LogP contribution >= 0.6 is 0 Å². The Balaban J connectivity index is 1.91. The molecule has 0 bridgehead atoms. The van der Waals surface area contributed by atoms with Crippen molar-refractivity contribution in [1.82, 2.24) is 9.97 Å². The van der Waals surface area contributed by atoms with Crippen LogP contribution in [0, 0.1) is 0 Å². The van der Waals surface area contributed by atoms with E-state index in [1.165, 1.54) is 6.07 Å². The molecule has 6 heteroatoms. The van der Waals surface area contributed by atoms with Crippen molar-refractivity contribution in [3.8, 4) is 22.8 Å². The lowest BCUT2D eigenvalue weighted by Crippen LogP contribution is -2.02. The normalized spacial score (nSPS) is 10.2. The molecule has 0 aliphatic rings. The van der Waals surface area contributed by atoms with Crippen molar-refractivity contribution < 1.29 is 19.4 Å². The Morgan fingerprint density at radius 2 is 1.88 bits per heavy atom. The molecule has 0 aliphatic carbocycles. The van der Waals surface area contributed by atoms with E-state index < -0.39 is 0 Å². The lowest BCUT2D eigenvalue weighted by atomic mass is 10.1. The summed E-state index contributed by atoms with van der Waals surface area (Å²) in [5.74, 6) is 0.148. The molecule has 0 amide bonds. The smallest absolute Gasteiger partial charge is 0.168 e. The molecule has 3 rings (SSSR count). The molecule has 0 radical (unpaired) electrons. The van der Waals surface area contributed by atoms with Gasteiger partial charge in [0.1, 0.15) is 23.8 Å². The summed E-state index contributed by atoms with van der Waals surface area (Å²) in [4.78, 5) is 30.4. The van der Waals surface area contributed by atoms with Crippen LogP contribution in [-0.2, 0) is 6.61 Å². The number of phenols is 1. The van der Waals surface area contributed by atoms with Crippen LogP contribution in [0.3, 0.4) is 0 Å². The van der Waals surface area contributed by atoms with Gasteiger partial charge in [-0.05, 0) is 30.3 Å². The summed E-state index contributed by atoms with van der Waals surface area (Å²) in [7, 11) is 0. The standard InChI is InChI=1S/C19H14N2O4/c22-10-14-3-1-4-17(21-14)15-9-20-8-7-13(15)12-25-19-6-2-5-18(24)16(19)11-23/h1-11,24H,12H2. The van der Waals surface area contributed by atoms with E-state index in [2.05, 4.69) is 9.97 Å². The van der Waals surface area contributed by atoms with Crippen LogP contribution in [0.25, 0.3) is 11.3 Å². The van der Waals surface area contributed by atoms with Gasteiger partial charge in [-0.25, -0.2) is 4.98 Å². The van der Waals surface area contributed by atoms with Crippen LogP contribution in [0.15, 0.2) is 54.9 Å². The van der Waals surface area contributed by atoms with Crippen molar-refractivity contribution in [2.45, 2.75) is 6.61 Å². The van der Waals surface area contributed by atoms with Gasteiger partial charge in [0.15, 0.2) is 12.6 Å². The third kappa shape index (κ3) is 3.53. The second-order valence-corrected chi connectivity index (χ2v) is 5.19. The Labute approximate surface area is 143 Å². The van der Waals surface area contributed by atoms with Gasteiger partial charge in [-0.3, -0.25) is 14.6 Å². The van der Waals surface area contributed by atoms with Gasteiger partial charge in [0.25, 0.3) is 0 Å². The highest BCUT2D eigenvalue weighted by molar-refractivity contribution is 5.83. The Bertz CT molecular complexity index is 925. The average molecular weight is 334 g/mol. The summed E-state index contributed by atoms with van der Waals surface area (Å²) in [6.45, 7) is 0.148. The number of aromatic nitrogens is 2. The second kappa shape index (κ2) is 7.35. The first kappa shape index (κ1) is 16.3. The third-order valence-corrected chi connectivity index (χ3v) is 3.62. The maximum absolute atomic E-state index is 11.1. The minimum absolute atomic E-state index is 0.0965. The number of hydrogen-bond donors (Lipinski definition) is 1. The fraction of sp³-hybridized carbons (Fsp3) is 0.0526. The Kier molecular flexibility index (Phi) is 4.80. The van der Waals surface area contributed by atoms with Crippen LogP contribution in [-0.4, -0.2) is 27.6 Å². The zero-order chi connectivity index (χ0) is 17.6. The molecule has 0 fully saturated rings. The van der Waals surface area contributed by atoms with Gasteiger partial charge in [0.05, 0.1) is 11.3 Å². The number of rotatable bonds is 6. The summed E-state index contributed by atoms with van der Waals surface area (Å²) in [5, 5.41) is 9.71. The van der Waals surface area contributed by atoms with Crippen molar-refractivity contribution in [3.05, 3.63) is 71.7 Å². The van der Waals surface area contributed by atoms with Gasteiger partial charge in [0, 0.05) is 23.5 Å². The molecule has 2 heterocycles. The fourth-order valence-electron chi connectivity index (χ4n) is 2.38. The lowest BCUT2D eigenvalue weighted by Gasteiger charge is -2.12. The van der Waals surface area contributed by atoms with Gasteiger partial charge < -0.3 is 9.84 Å². The molecule has 0 aliphatic heterocycles. The molecule has 1 aromatic carbocycles. The van der Waals surface area contributed by atoms with Crippen molar-refractivity contribution in [1.29, 1.82) is 0 Å². The van der Waals surface area contributed by atoms with E-state index in [9.17, 15) is 14.7 Å². The molecule has 124 valence electrons. The Hall–Kier alpha value is -3.54. The maximum atomic E-state index is 11.1. The third-order valence-electron chi connectivity index (χ3n) is 3.62. The molecule has 3 aromatic rings. The summed E-state index contributed by atoms with van der Waals surface area (Å²) >= 11 is 0. The number of pyridine rings is 2. The zero-order valence-electron chi connectivity index (χ0n) is 13.1. The highest BCUT2D eigenvalue weighted by atomic mass is 16.5. The average Bonchev–Trinajstić information content (AvgIpc) is 2.66. The van der Waals surface area contributed by atoms with Gasteiger partial charge in [-0.15, -0.1) is 0 Å². The quantitative estimate of drug-likeness (QED) is 0.697. The first-order valence-corrected chi connectivity index (χ1v) is 7.48. The first-order chi connectivity index (χ1) is 12.2. The van der Waals surface area contributed by atoms with E-state index in [1.807, 2.05) is 0 Å². The second-order valence-electron chi connectivity index (χ2n) is 5.19. The van der Waals surface area contributed by atoms with Crippen LogP contribution in [0.1, 0.15) is 26.4 Å². The topological polar surface area (TPSA) is 89.4 Å². The number of phenolic OH excluding ortho intramolecular Hbond substituents is 1. The van der Waals surface area contributed by atoms with E-state index in [0.717, 1.165) is 11.1 Å². The molecule has 0 unspecified atom stereocenters. The molecule has 2 aromatic heterocycles. The van der Waals surface area contributed by atoms with E-state index in [4.69, 9.17) is 4.74 Å². The van der Waals surface area contributed by atoms with E-state index in [1.54, 1.807) is 48.8 Å². The molecule has 0 saturated heterocycles. The summed E-state index contributed by atoms with van der Waals surface area (Å²) in [6, 6.07) is 11.5. The minimum Gasteiger partial charge on any atom is -0.507 e. The first-order valence-electron chi connectivity index (χ1n) is 7.48. The number of aldehydes is 2. The molecule has 0 atom stereocenters. The molecule has 6 nitrogen and oxygen atoms in total. The molecular weight excluding hydrogens is 320 g/mol. The Morgan fingerprint density at radius 3 is 2.68 bits per heavy atom. The summed E-state index contributed by atoms with van der Waals surface area (Å²) < 4.78 is 5.70. The van der Waals surface area contributed by atoms with E-state index in [0.29, 0.717) is 24.0 Å². The van der Waals surface area contributed by atoms with Crippen LogP contribution in [0.5, 0.6) is 11.5 Å². The molecule has 25 heavy (non-hydrogen) atoms. The number of nitrogens with zero attached hydrogens (tertiary/aromatic N) is 2. The van der Waals surface area contributed by atoms with Crippen LogP contribution in [0.4, 0.5) is 0 Å². The highest BCUT2D eigenvalue weighted by Gasteiger charge is 2.11. The number of carbonyl (C=O) groups is 2. The predicted molar refractivity (Wildman–Crippen MR) is 90.7 cm³/mol. The fourth-order valence-corrected chi connectivity index (χ4v) is 2.38. The largest absolute Gasteiger partial charge is 0.507 e. The molecular formula is C19H14N2O4. The molecule has 1 N–H and O–H groups in total. The number of ether oxygens (including phenoxy) is 1. The van der Waals surface area contributed by atoms with Crippen molar-refractivity contribution in [3.63, 3.8) is 0 Å². The SMILES string of the molecule is O=Cc1cccc(-c2cnccc2COc2cccc(O)c2C=O)n1. The van der Waals surface area contributed by atoms with Crippen LogP contribution in [0.2, 0.25) is 0 Å². The predicted octanol–water partition coefficient (Wildman–Crippen LogP) is 3.05. The summed E-state index contributed by atoms with van der Waals surface area (Å²) in [6.07, 6.45) is 4.49. The number of hydrogen-bond acceptors (Lipinski definition) is 6. The van der Waals surface area contributed by atoms with Crippen molar-refractivity contribution in [2.24, 2.45) is 0 Å². The van der Waals surface area contributed by atoms with E-state index >= 15 is 0 Å². The number of carbonyl (C=O) groups excluding carboxylic acids is 2. The van der Waals surface area contributed by atoms with E-state index in [-0.39, 0.29) is 23.7 Å². The summed E-state index contributed by atoms with van der Waals surface area (Å²) in [5.41, 5.74) is 2.52. The molecule has 0 spiro atoms. The number of benzene rings is 1. The molecule has 0 saturated carbocycles. The van der Waals surface area contributed by atoms with Crippen molar-refractivity contribution >= 4 is 12.6 Å². The number of aromatic hydroxyl groups is 1. The monoisotopic (exact) mass is 334 g/mol. The zero-order valence-corrected chi connectivity index (χ0v) is 13.1. The van der Waals surface area contributed by atoms with Crippen LogP contribution < -0.4 is 4.74 Å². The Morgan fingerprint density at radius 1 is 1.04 bits per heavy atom. The van der Waals surface area contributed by atoms with Gasteiger partial charge in [0.2, 0.25) is 0 Å². The van der Waals surface area contributed by atoms with Crippen molar-refractivity contribution in [2.75, 3.05) is 0 Å². The van der Waals surface area contributed by atoms with Gasteiger partial charge in [-0.1, -0.05) is 12.1 Å². The highest BCUT2D eigenvalue weighted by Crippen LogP contribution is 2.28. The minimum atomic E-state index is -0.136. The van der Waals surface area contributed by atoms with Gasteiger partial charge in [-0.2, -0.15) is 0 Å². The lowest BCUT2D eigenvalue weighted by molar-refractivity contribution is 0.111. The van der Waals surface area contributed by atoms with Gasteiger partial charge >= 0.3 is 0 Å². The maximum Gasteiger partial charge on any atom is 0.168 e.